The third-order valence-electron chi connectivity index (χ3n) is 2.40. The molecule has 0 saturated carbocycles. The molecule has 0 radical (unpaired) electrons. The third kappa shape index (κ3) is 2.55. The van der Waals surface area contributed by atoms with E-state index in [1.165, 1.54) is 15.3 Å². The van der Waals surface area contributed by atoms with Crippen LogP contribution in [0.25, 0.3) is 10.2 Å². The van der Waals surface area contributed by atoms with Crippen molar-refractivity contribution in [3.63, 3.8) is 0 Å². The molecule has 0 aliphatic heterocycles. The molecule has 2 N–H and O–H groups in total. The van der Waals surface area contributed by atoms with Gasteiger partial charge in [0.2, 0.25) is 0 Å². The van der Waals surface area contributed by atoms with Crippen molar-refractivity contribution in [2.75, 3.05) is 0 Å². The van der Waals surface area contributed by atoms with Crippen LogP contribution in [0.1, 0.15) is 23.9 Å². The van der Waals surface area contributed by atoms with E-state index in [4.69, 9.17) is 5.73 Å². The van der Waals surface area contributed by atoms with Crippen molar-refractivity contribution in [2.45, 2.75) is 32.7 Å². The SMILES string of the molecule is Cc1ccc2nc(CCC(C)N)sc2c1. The Morgan fingerprint density at radius 2 is 2.27 bits per heavy atom. The molecule has 1 atom stereocenters. The Morgan fingerprint density at radius 1 is 1.47 bits per heavy atom. The number of fused-ring (bicyclic) bond motifs is 1. The van der Waals surface area contributed by atoms with Gasteiger partial charge in [0.05, 0.1) is 15.2 Å². The standard InChI is InChI=1S/C12H16N2S/c1-8-3-5-10-11(7-8)15-12(14-10)6-4-9(2)13/h3,5,7,9H,4,6,13H2,1-2H3. The lowest BCUT2D eigenvalue weighted by Gasteiger charge is -2.00. The van der Waals surface area contributed by atoms with Gasteiger partial charge in [-0.15, -0.1) is 11.3 Å². The highest BCUT2D eigenvalue weighted by molar-refractivity contribution is 7.18. The lowest BCUT2D eigenvalue weighted by Crippen LogP contribution is -2.15. The van der Waals surface area contributed by atoms with Crippen molar-refractivity contribution in [1.82, 2.24) is 4.98 Å². The van der Waals surface area contributed by atoms with E-state index in [1.54, 1.807) is 11.3 Å². The van der Waals surface area contributed by atoms with Gasteiger partial charge in [-0.3, -0.25) is 0 Å². The molecule has 1 unspecified atom stereocenters. The van der Waals surface area contributed by atoms with Crippen molar-refractivity contribution in [1.29, 1.82) is 0 Å². The number of aryl methyl sites for hydroxylation is 2. The number of benzene rings is 1. The van der Waals surface area contributed by atoms with Gasteiger partial charge >= 0.3 is 0 Å². The van der Waals surface area contributed by atoms with Crippen LogP contribution in [0.15, 0.2) is 18.2 Å². The topological polar surface area (TPSA) is 38.9 Å². The van der Waals surface area contributed by atoms with E-state index in [2.05, 4.69) is 30.1 Å². The molecule has 0 amide bonds. The predicted molar refractivity (Wildman–Crippen MR) is 66.3 cm³/mol. The number of hydrogen-bond donors (Lipinski definition) is 1. The largest absolute Gasteiger partial charge is 0.328 e. The highest BCUT2D eigenvalue weighted by Crippen LogP contribution is 2.24. The van der Waals surface area contributed by atoms with Gasteiger partial charge in [0.25, 0.3) is 0 Å². The summed E-state index contributed by atoms with van der Waals surface area (Å²) in [6.07, 6.45) is 2.01. The Kier molecular flexibility index (Phi) is 3.03. The molecule has 1 aromatic carbocycles. The molecule has 0 spiro atoms. The summed E-state index contributed by atoms with van der Waals surface area (Å²) in [5, 5.41) is 1.20. The molecule has 2 rings (SSSR count). The van der Waals surface area contributed by atoms with Crippen LogP contribution in [0.2, 0.25) is 0 Å². The average molecular weight is 220 g/mol. The minimum absolute atomic E-state index is 0.263. The van der Waals surface area contributed by atoms with Crippen LogP contribution in [0, 0.1) is 6.92 Å². The molecule has 0 aliphatic carbocycles. The van der Waals surface area contributed by atoms with Crippen LogP contribution in [0.3, 0.4) is 0 Å². The second-order valence-corrected chi connectivity index (χ2v) is 5.21. The van der Waals surface area contributed by atoms with Crippen LogP contribution >= 0.6 is 11.3 Å². The minimum atomic E-state index is 0.263. The first-order valence-electron chi connectivity index (χ1n) is 5.27. The highest BCUT2D eigenvalue weighted by Gasteiger charge is 2.04. The lowest BCUT2D eigenvalue weighted by molar-refractivity contribution is 0.665. The Labute approximate surface area is 94.1 Å². The summed E-state index contributed by atoms with van der Waals surface area (Å²) in [6.45, 7) is 4.15. The average Bonchev–Trinajstić information content (AvgIpc) is 2.56. The summed E-state index contributed by atoms with van der Waals surface area (Å²) in [6, 6.07) is 6.66. The molecule has 0 fully saturated rings. The maximum atomic E-state index is 5.74. The molecule has 15 heavy (non-hydrogen) atoms. The van der Waals surface area contributed by atoms with Crippen molar-refractivity contribution < 1.29 is 0 Å². The Balaban J connectivity index is 2.23. The summed E-state index contributed by atoms with van der Waals surface area (Å²) in [5.41, 5.74) is 8.15. The van der Waals surface area contributed by atoms with Gasteiger partial charge in [-0.05, 0) is 38.0 Å². The quantitative estimate of drug-likeness (QED) is 0.863. The van der Waals surface area contributed by atoms with Crippen LogP contribution < -0.4 is 5.73 Å². The smallest absolute Gasteiger partial charge is 0.0939 e. The van der Waals surface area contributed by atoms with Gasteiger partial charge in [-0.2, -0.15) is 0 Å². The van der Waals surface area contributed by atoms with Gasteiger partial charge in [0.1, 0.15) is 0 Å². The molecule has 0 saturated heterocycles. The molecule has 3 heteroatoms. The molecule has 2 nitrogen and oxygen atoms in total. The fourth-order valence-electron chi connectivity index (χ4n) is 1.54. The first-order valence-corrected chi connectivity index (χ1v) is 6.08. The number of rotatable bonds is 3. The summed E-state index contributed by atoms with van der Waals surface area (Å²) in [7, 11) is 0. The van der Waals surface area contributed by atoms with Crippen molar-refractivity contribution in [3.05, 3.63) is 28.8 Å². The fraction of sp³-hybridized carbons (Fsp3) is 0.417. The zero-order valence-electron chi connectivity index (χ0n) is 9.16. The Bertz CT molecular complexity index is 460. The van der Waals surface area contributed by atoms with Crippen LogP contribution in [-0.2, 0) is 6.42 Å². The summed E-state index contributed by atoms with van der Waals surface area (Å²) in [5.74, 6) is 0. The molecular formula is C12H16N2S. The highest BCUT2D eigenvalue weighted by atomic mass is 32.1. The van der Waals surface area contributed by atoms with E-state index in [9.17, 15) is 0 Å². The maximum Gasteiger partial charge on any atom is 0.0939 e. The van der Waals surface area contributed by atoms with Gasteiger partial charge in [0.15, 0.2) is 0 Å². The fourth-order valence-corrected chi connectivity index (χ4v) is 2.62. The minimum Gasteiger partial charge on any atom is -0.328 e. The van der Waals surface area contributed by atoms with E-state index in [0.29, 0.717) is 0 Å². The molecule has 2 aromatic rings. The number of thiazole rings is 1. The molecule has 0 aliphatic rings. The van der Waals surface area contributed by atoms with E-state index < -0.39 is 0 Å². The van der Waals surface area contributed by atoms with Gasteiger partial charge in [0, 0.05) is 12.5 Å². The van der Waals surface area contributed by atoms with Gasteiger partial charge in [-0.25, -0.2) is 4.98 Å². The first kappa shape index (κ1) is 10.6. The number of nitrogens with two attached hydrogens (primary N) is 1. The number of nitrogens with zero attached hydrogens (tertiary/aromatic N) is 1. The monoisotopic (exact) mass is 220 g/mol. The Hall–Kier alpha value is -0.930. The van der Waals surface area contributed by atoms with Crippen molar-refractivity contribution >= 4 is 21.6 Å². The number of hydrogen-bond acceptors (Lipinski definition) is 3. The van der Waals surface area contributed by atoms with Crippen molar-refractivity contribution in [3.8, 4) is 0 Å². The predicted octanol–water partition coefficient (Wildman–Crippen LogP) is 2.88. The summed E-state index contributed by atoms with van der Waals surface area (Å²) < 4.78 is 1.29. The maximum absolute atomic E-state index is 5.74. The van der Waals surface area contributed by atoms with Crippen LogP contribution in [-0.4, -0.2) is 11.0 Å². The summed E-state index contributed by atoms with van der Waals surface area (Å²) >= 11 is 1.79. The first-order chi connectivity index (χ1) is 7.15. The van der Waals surface area contributed by atoms with E-state index in [-0.39, 0.29) is 6.04 Å². The van der Waals surface area contributed by atoms with Crippen LogP contribution in [0.5, 0.6) is 0 Å². The summed E-state index contributed by atoms with van der Waals surface area (Å²) in [4.78, 5) is 4.59. The van der Waals surface area contributed by atoms with Gasteiger partial charge in [-0.1, -0.05) is 6.07 Å². The second-order valence-electron chi connectivity index (χ2n) is 4.09. The zero-order chi connectivity index (χ0) is 10.8. The van der Waals surface area contributed by atoms with Crippen LogP contribution in [0.4, 0.5) is 0 Å². The zero-order valence-corrected chi connectivity index (χ0v) is 9.97. The normalized spacial score (nSPS) is 13.3. The van der Waals surface area contributed by atoms with E-state index >= 15 is 0 Å². The molecule has 80 valence electrons. The Morgan fingerprint density at radius 3 is 3.00 bits per heavy atom. The molecule has 1 heterocycles. The van der Waals surface area contributed by atoms with Gasteiger partial charge < -0.3 is 5.73 Å². The lowest BCUT2D eigenvalue weighted by atomic mass is 10.2. The molecule has 0 bridgehead atoms. The van der Waals surface area contributed by atoms with E-state index in [0.717, 1.165) is 18.4 Å². The van der Waals surface area contributed by atoms with E-state index in [1.807, 2.05) is 6.92 Å². The van der Waals surface area contributed by atoms with Crippen molar-refractivity contribution in [2.24, 2.45) is 5.73 Å². The third-order valence-corrected chi connectivity index (χ3v) is 3.48. The second kappa shape index (κ2) is 4.29. The molecule has 1 aromatic heterocycles. The molecular weight excluding hydrogens is 204 g/mol. The number of aromatic nitrogens is 1.